The molecule has 0 aliphatic rings. The van der Waals surface area contributed by atoms with E-state index in [0.29, 0.717) is 28.5 Å². The molecule has 1 amide bonds. The lowest BCUT2D eigenvalue weighted by atomic mass is 10.1. The highest BCUT2D eigenvalue weighted by atomic mass is 19.1. The maximum atomic E-state index is 14.1. The normalized spacial score (nSPS) is 10.8. The van der Waals surface area contributed by atoms with Crippen LogP contribution in [0.5, 0.6) is 0 Å². The molecule has 0 unspecified atom stereocenters. The Labute approximate surface area is 187 Å². The second kappa shape index (κ2) is 8.91. The molecular formula is C22H21FN8O2. The minimum atomic E-state index is -0.639. The molecule has 4 aromatic rings. The highest BCUT2D eigenvalue weighted by Gasteiger charge is 2.21. The van der Waals surface area contributed by atoms with E-state index in [1.54, 1.807) is 44.7 Å². The van der Waals surface area contributed by atoms with Gasteiger partial charge in [0.25, 0.3) is 5.91 Å². The van der Waals surface area contributed by atoms with Crippen molar-refractivity contribution in [1.29, 1.82) is 0 Å². The average molecular weight is 448 g/mol. The van der Waals surface area contributed by atoms with Gasteiger partial charge in [0.15, 0.2) is 11.5 Å². The van der Waals surface area contributed by atoms with Crippen molar-refractivity contribution in [3.05, 3.63) is 76.4 Å². The predicted octanol–water partition coefficient (Wildman–Crippen LogP) is 1.93. The Morgan fingerprint density at radius 1 is 1.15 bits per heavy atom. The monoisotopic (exact) mass is 448 g/mol. The molecule has 0 bridgehead atoms. The smallest absolute Gasteiger partial charge is 0.274 e. The van der Waals surface area contributed by atoms with Crippen LogP contribution in [0, 0.1) is 5.82 Å². The number of nitrogens with one attached hydrogen (secondary N) is 3. The van der Waals surface area contributed by atoms with E-state index >= 15 is 0 Å². The van der Waals surface area contributed by atoms with Crippen LogP contribution < -0.4 is 21.9 Å². The molecule has 0 aromatic carbocycles. The van der Waals surface area contributed by atoms with E-state index in [1.165, 1.54) is 22.8 Å². The van der Waals surface area contributed by atoms with E-state index in [9.17, 15) is 14.0 Å². The fourth-order valence-corrected chi connectivity index (χ4v) is 3.21. The Balaban J connectivity index is 1.72. The Bertz CT molecular complexity index is 1380. The molecular weight excluding hydrogens is 427 g/mol. The van der Waals surface area contributed by atoms with Gasteiger partial charge in [-0.2, -0.15) is 0 Å². The molecule has 0 aliphatic carbocycles. The minimum absolute atomic E-state index is 0.0584. The molecule has 0 fully saturated rings. The molecule has 0 aliphatic heterocycles. The number of amides is 1. The van der Waals surface area contributed by atoms with Gasteiger partial charge in [-0.3, -0.25) is 9.59 Å². The van der Waals surface area contributed by atoms with Gasteiger partial charge in [-0.1, -0.05) is 0 Å². The Hall–Kier alpha value is -4.54. The summed E-state index contributed by atoms with van der Waals surface area (Å²) in [6, 6.07) is 9.32. The van der Waals surface area contributed by atoms with Crippen LogP contribution in [0.2, 0.25) is 0 Å². The van der Waals surface area contributed by atoms with Gasteiger partial charge in [0.1, 0.15) is 23.0 Å². The van der Waals surface area contributed by atoms with Crippen molar-refractivity contribution in [3.63, 3.8) is 0 Å². The first-order valence-electron chi connectivity index (χ1n) is 9.97. The summed E-state index contributed by atoms with van der Waals surface area (Å²) in [6.07, 6.45) is 3.32. The van der Waals surface area contributed by atoms with Crippen LogP contribution >= 0.6 is 0 Å². The van der Waals surface area contributed by atoms with Crippen molar-refractivity contribution in [2.75, 3.05) is 18.1 Å². The Morgan fingerprint density at radius 2 is 1.97 bits per heavy atom. The Kier molecular flexibility index (Phi) is 5.85. The van der Waals surface area contributed by atoms with Gasteiger partial charge < -0.3 is 25.9 Å². The topological polar surface area (TPSA) is 144 Å². The number of carbonyl (C=O) groups excluding carboxylic acids is 1. The summed E-state index contributed by atoms with van der Waals surface area (Å²) in [7, 11) is 3.27. The zero-order valence-corrected chi connectivity index (χ0v) is 17.9. The van der Waals surface area contributed by atoms with Crippen LogP contribution in [-0.4, -0.2) is 37.5 Å². The number of H-pyrrole nitrogens is 1. The number of halogens is 1. The maximum Gasteiger partial charge on any atom is 0.274 e. The van der Waals surface area contributed by atoms with Gasteiger partial charge in [-0.15, -0.1) is 0 Å². The van der Waals surface area contributed by atoms with E-state index in [4.69, 9.17) is 5.73 Å². The van der Waals surface area contributed by atoms with Crippen LogP contribution in [0.1, 0.15) is 16.2 Å². The number of rotatable bonds is 6. The fraction of sp³-hybridized carbons (Fsp3) is 0.136. The minimum Gasteiger partial charge on any atom is -0.382 e. The molecule has 0 spiro atoms. The van der Waals surface area contributed by atoms with Crippen molar-refractivity contribution >= 4 is 17.5 Å². The van der Waals surface area contributed by atoms with Crippen molar-refractivity contribution in [1.82, 2.24) is 29.8 Å². The molecule has 0 atom stereocenters. The second-order valence-electron chi connectivity index (χ2n) is 7.16. The summed E-state index contributed by atoms with van der Waals surface area (Å²) >= 11 is 0. The number of aromatic amines is 1. The molecule has 0 saturated heterocycles. The summed E-state index contributed by atoms with van der Waals surface area (Å²) in [4.78, 5) is 40.7. The quantitative estimate of drug-likeness (QED) is 0.353. The van der Waals surface area contributed by atoms with Crippen molar-refractivity contribution in [3.8, 4) is 22.6 Å². The highest BCUT2D eigenvalue weighted by Crippen LogP contribution is 2.29. The lowest BCUT2D eigenvalue weighted by Gasteiger charge is -2.13. The van der Waals surface area contributed by atoms with Crippen LogP contribution in [0.4, 0.5) is 16.0 Å². The molecule has 5 N–H and O–H groups in total. The van der Waals surface area contributed by atoms with Gasteiger partial charge in [0.05, 0.1) is 17.9 Å². The standard InChI is InChI=1S/C22H21FN8O2/c1-25-16-7-6-13(23)15(28-16)10-27-22(33)20-21(24)30-19(14-4-3-9-26-14)18(29-20)12-5-8-17(32)31(2)11-12/h3-9,11,26H,10H2,1-2H3,(H2,24,30)(H,25,28)(H,27,33). The zero-order valence-electron chi connectivity index (χ0n) is 17.9. The zero-order chi connectivity index (χ0) is 23.5. The molecule has 11 heteroatoms. The van der Waals surface area contributed by atoms with Crippen molar-refractivity contribution < 1.29 is 9.18 Å². The van der Waals surface area contributed by atoms with Gasteiger partial charge in [0, 0.05) is 38.1 Å². The number of carbonyl (C=O) groups is 1. The van der Waals surface area contributed by atoms with Gasteiger partial charge in [-0.05, 0) is 30.3 Å². The number of hydrogen-bond donors (Lipinski definition) is 4. The van der Waals surface area contributed by atoms with Crippen molar-refractivity contribution in [2.24, 2.45) is 7.05 Å². The number of pyridine rings is 2. The third kappa shape index (κ3) is 4.42. The summed E-state index contributed by atoms with van der Waals surface area (Å²) in [5.74, 6) is -0.822. The summed E-state index contributed by atoms with van der Waals surface area (Å²) in [6.45, 7) is -0.172. The third-order valence-corrected chi connectivity index (χ3v) is 4.94. The number of aryl methyl sites for hydroxylation is 1. The number of nitrogen functional groups attached to an aromatic ring is 1. The van der Waals surface area contributed by atoms with E-state index in [1.807, 2.05) is 0 Å². The number of anilines is 2. The van der Waals surface area contributed by atoms with Crippen LogP contribution in [0.3, 0.4) is 0 Å². The number of aromatic nitrogens is 5. The summed E-state index contributed by atoms with van der Waals surface area (Å²) in [5.41, 5.74) is 7.79. The molecule has 0 saturated carbocycles. The molecule has 33 heavy (non-hydrogen) atoms. The first-order chi connectivity index (χ1) is 15.9. The number of hydrogen-bond acceptors (Lipinski definition) is 7. The third-order valence-electron chi connectivity index (χ3n) is 4.94. The lowest BCUT2D eigenvalue weighted by Crippen LogP contribution is -2.27. The predicted molar refractivity (Wildman–Crippen MR) is 122 cm³/mol. The van der Waals surface area contributed by atoms with Gasteiger partial charge in [-0.25, -0.2) is 19.3 Å². The molecule has 168 valence electrons. The molecule has 4 rings (SSSR count). The second-order valence-corrected chi connectivity index (χ2v) is 7.16. The Morgan fingerprint density at radius 3 is 2.67 bits per heavy atom. The van der Waals surface area contributed by atoms with E-state index in [2.05, 4.69) is 30.6 Å². The highest BCUT2D eigenvalue weighted by molar-refractivity contribution is 5.97. The lowest BCUT2D eigenvalue weighted by molar-refractivity contribution is 0.0946. The van der Waals surface area contributed by atoms with Crippen molar-refractivity contribution in [2.45, 2.75) is 6.54 Å². The molecule has 10 nitrogen and oxygen atoms in total. The summed E-state index contributed by atoms with van der Waals surface area (Å²) < 4.78 is 15.5. The van der Waals surface area contributed by atoms with Crippen LogP contribution in [0.15, 0.2) is 53.6 Å². The molecule has 0 radical (unpaired) electrons. The first kappa shape index (κ1) is 21.7. The van der Waals surface area contributed by atoms with E-state index < -0.39 is 11.7 Å². The molecule has 4 aromatic heterocycles. The maximum absolute atomic E-state index is 14.1. The van der Waals surface area contributed by atoms with Gasteiger partial charge >= 0.3 is 0 Å². The van der Waals surface area contributed by atoms with E-state index in [-0.39, 0.29) is 29.3 Å². The van der Waals surface area contributed by atoms with Crippen LogP contribution in [0.25, 0.3) is 22.6 Å². The van der Waals surface area contributed by atoms with Crippen LogP contribution in [-0.2, 0) is 13.6 Å². The fourth-order valence-electron chi connectivity index (χ4n) is 3.21. The largest absolute Gasteiger partial charge is 0.382 e. The number of nitrogens with zero attached hydrogens (tertiary/aromatic N) is 4. The first-order valence-corrected chi connectivity index (χ1v) is 9.97. The SMILES string of the molecule is CNc1ccc(F)c(CNC(=O)c2nc(-c3ccc(=O)n(C)c3)c(-c3ccc[nH]3)nc2N)n1. The summed E-state index contributed by atoms with van der Waals surface area (Å²) in [5, 5.41) is 5.40. The average Bonchev–Trinajstić information content (AvgIpc) is 3.35. The van der Waals surface area contributed by atoms with Gasteiger partial charge in [0.2, 0.25) is 5.56 Å². The number of nitrogens with two attached hydrogens (primary N) is 1. The van der Waals surface area contributed by atoms with E-state index in [0.717, 1.165) is 0 Å². The molecule has 4 heterocycles.